The minimum atomic E-state index is -4.22. The van der Waals surface area contributed by atoms with E-state index in [1.807, 2.05) is 32.1 Å². The van der Waals surface area contributed by atoms with E-state index in [0.29, 0.717) is 23.3 Å². The first-order valence-corrected chi connectivity index (χ1v) is 16.4. The van der Waals surface area contributed by atoms with E-state index in [0.717, 1.165) is 28.0 Å². The van der Waals surface area contributed by atoms with E-state index in [-0.39, 0.29) is 29.8 Å². The largest absolute Gasteiger partial charge is 0.299 e. The zero-order valence-corrected chi connectivity index (χ0v) is 24.8. The molecular formula is C30H39NO6S2. The number of carbonyl (C=O) groups excluding carboxylic acids is 3. The van der Waals surface area contributed by atoms with E-state index in [1.54, 1.807) is 30.0 Å². The quantitative estimate of drug-likeness (QED) is 0.0851. The average molecular weight is 574 g/mol. The second kappa shape index (κ2) is 14.8. The van der Waals surface area contributed by atoms with E-state index >= 15 is 0 Å². The Morgan fingerprint density at radius 2 is 1.62 bits per heavy atom. The van der Waals surface area contributed by atoms with Crippen LogP contribution in [0.25, 0.3) is 10.8 Å². The molecule has 0 spiro atoms. The van der Waals surface area contributed by atoms with Crippen molar-refractivity contribution in [3.05, 3.63) is 53.1 Å². The number of rotatable bonds is 17. The van der Waals surface area contributed by atoms with Crippen molar-refractivity contribution in [1.82, 2.24) is 5.06 Å². The van der Waals surface area contributed by atoms with E-state index in [2.05, 4.69) is 6.92 Å². The molecular weight excluding hydrogens is 534 g/mol. The van der Waals surface area contributed by atoms with Crippen LogP contribution in [0.15, 0.2) is 46.9 Å². The van der Waals surface area contributed by atoms with Crippen molar-refractivity contribution in [2.45, 2.75) is 89.9 Å². The average Bonchev–Trinajstić information content (AvgIpc) is 2.90. The van der Waals surface area contributed by atoms with Crippen LogP contribution in [0, 0.1) is 0 Å². The Balaban J connectivity index is 1.64. The van der Waals surface area contributed by atoms with Gasteiger partial charge in [0.1, 0.15) is 5.78 Å². The van der Waals surface area contributed by atoms with E-state index < -0.39 is 27.7 Å². The molecule has 1 aliphatic heterocycles. The van der Waals surface area contributed by atoms with Gasteiger partial charge in [-0.2, -0.15) is 8.42 Å². The number of hydrogen-bond acceptors (Lipinski definition) is 7. The predicted molar refractivity (Wildman–Crippen MR) is 156 cm³/mol. The van der Waals surface area contributed by atoms with Crippen molar-refractivity contribution in [3.63, 3.8) is 0 Å². The molecule has 9 heteroatoms. The van der Waals surface area contributed by atoms with Crippen LogP contribution >= 0.6 is 11.8 Å². The molecule has 1 heterocycles. The van der Waals surface area contributed by atoms with Crippen molar-refractivity contribution in [2.75, 3.05) is 11.5 Å². The van der Waals surface area contributed by atoms with Gasteiger partial charge >= 0.3 is 0 Å². The fraction of sp³-hybridized carbons (Fsp3) is 0.500. The summed E-state index contributed by atoms with van der Waals surface area (Å²) >= 11 is 1.71. The van der Waals surface area contributed by atoms with E-state index in [9.17, 15) is 22.8 Å². The molecule has 39 heavy (non-hydrogen) atoms. The first kappa shape index (κ1) is 31.0. The Labute approximate surface area is 236 Å². The summed E-state index contributed by atoms with van der Waals surface area (Å²) in [6.45, 7) is 6.02. The van der Waals surface area contributed by atoms with Gasteiger partial charge in [-0.05, 0) is 62.4 Å². The SMILES string of the molecule is CCCCCCCCSc1ccc2c3c(cccc13)C(=O)N(OS(=O)(=O)CCCCC(=O)CC=C(C)C)C2=O. The van der Waals surface area contributed by atoms with Gasteiger partial charge in [-0.25, -0.2) is 0 Å². The lowest BCUT2D eigenvalue weighted by Gasteiger charge is -2.26. The number of imide groups is 1. The van der Waals surface area contributed by atoms with Crippen LogP contribution in [0.5, 0.6) is 0 Å². The number of hydrogen-bond donors (Lipinski definition) is 0. The summed E-state index contributed by atoms with van der Waals surface area (Å²) in [7, 11) is -4.22. The molecule has 1 aliphatic rings. The molecule has 0 fully saturated rings. The van der Waals surface area contributed by atoms with Gasteiger partial charge in [-0.3, -0.25) is 14.4 Å². The molecule has 0 atom stereocenters. The summed E-state index contributed by atoms with van der Waals surface area (Å²) < 4.78 is 30.3. The van der Waals surface area contributed by atoms with Gasteiger partial charge in [-0.15, -0.1) is 21.1 Å². The fourth-order valence-electron chi connectivity index (χ4n) is 4.48. The third-order valence-corrected chi connectivity index (χ3v) is 8.94. The van der Waals surface area contributed by atoms with Gasteiger partial charge in [0.15, 0.2) is 0 Å². The smallest absolute Gasteiger partial charge is 0.288 e. The van der Waals surface area contributed by atoms with Crippen molar-refractivity contribution in [1.29, 1.82) is 0 Å². The predicted octanol–water partition coefficient (Wildman–Crippen LogP) is 7.25. The summed E-state index contributed by atoms with van der Waals surface area (Å²) in [4.78, 5) is 39.3. The summed E-state index contributed by atoms with van der Waals surface area (Å²) in [5, 5.41) is 1.70. The standard InChI is InChI=1S/C30H39NO6S2/c1-4-5-6-7-8-10-20-38-27-19-18-26-28-24(27)14-12-15-25(28)29(33)31(30(26)34)37-39(35,36)21-11-9-13-23(32)17-16-22(2)3/h12,14-16,18-19H,4-11,13,17,20-21H2,1-3H3. The fourth-order valence-corrected chi connectivity index (χ4v) is 6.53. The maximum Gasteiger partial charge on any atom is 0.288 e. The summed E-state index contributed by atoms with van der Waals surface area (Å²) in [6.07, 6.45) is 10.2. The zero-order valence-electron chi connectivity index (χ0n) is 23.2. The van der Waals surface area contributed by atoms with Crippen LogP contribution in [0.3, 0.4) is 0 Å². The van der Waals surface area contributed by atoms with Crippen LogP contribution in [0.1, 0.15) is 106 Å². The highest BCUT2D eigenvalue weighted by atomic mass is 32.2. The third kappa shape index (κ3) is 8.75. The monoisotopic (exact) mass is 573 g/mol. The second-order valence-corrected chi connectivity index (χ2v) is 13.0. The number of thioether (sulfide) groups is 1. The number of carbonyl (C=O) groups is 3. The molecule has 0 radical (unpaired) electrons. The second-order valence-electron chi connectivity index (χ2n) is 10.2. The van der Waals surface area contributed by atoms with Crippen molar-refractivity contribution >= 4 is 50.3 Å². The maximum absolute atomic E-state index is 13.2. The number of hydroxylamine groups is 2. The lowest BCUT2D eigenvalue weighted by molar-refractivity contribution is -0.118. The molecule has 0 unspecified atom stereocenters. The molecule has 0 N–H and O–H groups in total. The number of benzene rings is 2. The highest BCUT2D eigenvalue weighted by Gasteiger charge is 2.37. The number of Topliss-reactive ketones (excluding diaryl/α,β-unsaturated/α-hetero) is 1. The third-order valence-electron chi connectivity index (χ3n) is 6.61. The summed E-state index contributed by atoms with van der Waals surface area (Å²) in [6, 6.07) is 8.71. The highest BCUT2D eigenvalue weighted by molar-refractivity contribution is 7.99. The minimum Gasteiger partial charge on any atom is -0.299 e. The molecule has 0 saturated carbocycles. The number of allylic oxidation sites excluding steroid dienone is 2. The normalized spacial score (nSPS) is 13.3. The van der Waals surface area contributed by atoms with Gasteiger partial charge < -0.3 is 0 Å². The molecule has 212 valence electrons. The van der Waals surface area contributed by atoms with Crippen LogP contribution < -0.4 is 0 Å². The first-order valence-electron chi connectivity index (χ1n) is 13.8. The highest BCUT2D eigenvalue weighted by Crippen LogP contribution is 2.36. The van der Waals surface area contributed by atoms with Gasteiger partial charge in [0.05, 0.1) is 16.9 Å². The van der Waals surface area contributed by atoms with Gasteiger partial charge in [0.2, 0.25) is 0 Å². The topological polar surface area (TPSA) is 97.8 Å². The van der Waals surface area contributed by atoms with Crippen molar-refractivity contribution in [3.8, 4) is 0 Å². The van der Waals surface area contributed by atoms with E-state index in [4.69, 9.17) is 4.28 Å². The molecule has 7 nitrogen and oxygen atoms in total. The number of ketones is 1. The minimum absolute atomic E-state index is 0.0325. The lowest BCUT2D eigenvalue weighted by Crippen LogP contribution is -2.42. The molecule has 0 bridgehead atoms. The Morgan fingerprint density at radius 3 is 2.33 bits per heavy atom. The van der Waals surface area contributed by atoms with Gasteiger partial charge in [-0.1, -0.05) is 62.8 Å². The van der Waals surface area contributed by atoms with Gasteiger partial charge in [0, 0.05) is 23.1 Å². The Kier molecular flexibility index (Phi) is 11.8. The van der Waals surface area contributed by atoms with Crippen LogP contribution in [-0.4, -0.2) is 42.6 Å². The molecule has 2 aromatic carbocycles. The number of amides is 2. The summed E-state index contributed by atoms with van der Waals surface area (Å²) in [5.74, 6) is -1.01. The van der Waals surface area contributed by atoms with Crippen molar-refractivity contribution in [2.24, 2.45) is 0 Å². The van der Waals surface area contributed by atoms with Crippen molar-refractivity contribution < 1.29 is 27.1 Å². The Hall–Kier alpha value is -2.49. The zero-order chi connectivity index (χ0) is 28.4. The van der Waals surface area contributed by atoms with E-state index in [1.165, 1.54) is 32.1 Å². The molecule has 0 aliphatic carbocycles. The Bertz CT molecular complexity index is 1310. The molecule has 3 rings (SSSR count). The van der Waals surface area contributed by atoms with Crippen LogP contribution in [0.2, 0.25) is 0 Å². The number of unbranched alkanes of at least 4 members (excludes halogenated alkanes) is 6. The maximum atomic E-state index is 13.2. The van der Waals surface area contributed by atoms with Gasteiger partial charge in [0.25, 0.3) is 21.9 Å². The summed E-state index contributed by atoms with van der Waals surface area (Å²) in [5.41, 5.74) is 1.53. The molecule has 0 aromatic heterocycles. The molecule has 2 aromatic rings. The number of nitrogens with zero attached hydrogens (tertiary/aromatic N) is 1. The molecule has 0 saturated heterocycles. The van der Waals surface area contributed by atoms with Crippen LogP contribution in [0.4, 0.5) is 0 Å². The van der Waals surface area contributed by atoms with Crippen LogP contribution in [-0.2, 0) is 19.2 Å². The molecule has 2 amide bonds. The lowest BCUT2D eigenvalue weighted by atomic mass is 9.95. The first-order chi connectivity index (χ1) is 18.6. The Morgan fingerprint density at radius 1 is 0.923 bits per heavy atom.